The van der Waals surface area contributed by atoms with Crippen molar-refractivity contribution in [2.24, 2.45) is 13.0 Å². The number of fused-ring (bicyclic) bond motifs is 1. The fourth-order valence-electron chi connectivity index (χ4n) is 4.62. The number of aryl methyl sites for hydroxylation is 1. The van der Waals surface area contributed by atoms with Gasteiger partial charge in [0.25, 0.3) is 15.9 Å². The molecule has 1 aromatic heterocycles. The molecule has 3 N–H and O–H groups in total. The number of carbonyl (C=O) groups excluding carboxylic acids is 2. The molecular weight excluding hydrogens is 605 g/mol. The van der Waals surface area contributed by atoms with Gasteiger partial charge in [0.15, 0.2) is 10.8 Å². The summed E-state index contributed by atoms with van der Waals surface area (Å²) >= 11 is 0. The quantitative estimate of drug-likeness (QED) is 0.342. The zero-order valence-corrected chi connectivity index (χ0v) is 25.2. The monoisotopic (exact) mass is 638 g/mol. The van der Waals surface area contributed by atoms with Crippen molar-refractivity contribution in [3.8, 4) is 5.75 Å². The van der Waals surface area contributed by atoms with E-state index in [1.807, 2.05) is 0 Å². The van der Waals surface area contributed by atoms with Gasteiger partial charge in [0, 0.05) is 38.4 Å². The average Bonchev–Trinajstić information content (AvgIpc) is 3.41. The average molecular weight is 639 g/mol. The minimum absolute atomic E-state index is 0.0320. The molecule has 44 heavy (non-hydrogen) atoms. The van der Waals surface area contributed by atoms with Crippen molar-refractivity contribution >= 4 is 33.3 Å². The number of amides is 3. The van der Waals surface area contributed by atoms with Gasteiger partial charge in [-0.15, -0.1) is 0 Å². The molecule has 3 amide bonds. The molecule has 3 aromatic rings. The Labute approximate surface area is 252 Å². The molecule has 1 aliphatic rings. The number of aliphatic hydroxyl groups excluding tert-OH is 1. The third-order valence-corrected chi connectivity index (χ3v) is 8.91. The number of nitrogens with one attached hydrogen (secondary N) is 2. The van der Waals surface area contributed by atoms with Gasteiger partial charge < -0.3 is 29.9 Å². The first kappa shape index (κ1) is 32.8. The molecule has 0 bridgehead atoms. The molecule has 1 aliphatic heterocycles. The fourth-order valence-corrected chi connectivity index (χ4v) is 5.76. The number of hydrogen-bond donors (Lipinski definition) is 3. The number of aromatic nitrogens is 2. The first-order valence-electron chi connectivity index (χ1n) is 13.5. The first-order valence-corrected chi connectivity index (χ1v) is 15.0. The molecule has 0 spiro atoms. The maximum Gasteiger partial charge on any atom is 0.416 e. The number of sulfonamides is 1. The lowest BCUT2D eigenvalue weighted by Crippen LogP contribution is -2.50. The maximum atomic E-state index is 13.7. The molecule has 238 valence electrons. The summed E-state index contributed by atoms with van der Waals surface area (Å²) < 4.78 is 74.1. The van der Waals surface area contributed by atoms with Crippen LogP contribution in [-0.2, 0) is 23.2 Å². The van der Waals surface area contributed by atoms with E-state index >= 15 is 0 Å². The van der Waals surface area contributed by atoms with E-state index in [9.17, 15) is 36.3 Å². The minimum atomic E-state index is -4.54. The number of aliphatic hydroxyl groups is 1. The van der Waals surface area contributed by atoms with Crippen molar-refractivity contribution in [3.05, 3.63) is 66.1 Å². The van der Waals surface area contributed by atoms with Gasteiger partial charge in [-0.2, -0.15) is 17.5 Å². The van der Waals surface area contributed by atoms with Crippen LogP contribution in [0.3, 0.4) is 0 Å². The number of alkyl halides is 3. The van der Waals surface area contributed by atoms with E-state index in [1.54, 1.807) is 20.9 Å². The summed E-state index contributed by atoms with van der Waals surface area (Å²) in [5.41, 5.74) is -0.672. The zero-order chi connectivity index (χ0) is 32.4. The second kappa shape index (κ2) is 12.8. The number of hydrogen-bond acceptors (Lipinski definition) is 7. The number of nitrogens with zero attached hydrogens (tertiary/aromatic N) is 4. The number of anilines is 2. The summed E-state index contributed by atoms with van der Waals surface area (Å²) in [7, 11) is -0.996. The van der Waals surface area contributed by atoms with E-state index in [2.05, 4.69) is 15.6 Å². The number of imidazole rings is 1. The van der Waals surface area contributed by atoms with Crippen LogP contribution >= 0.6 is 0 Å². The van der Waals surface area contributed by atoms with Crippen molar-refractivity contribution in [2.45, 2.75) is 37.2 Å². The molecule has 3 atom stereocenters. The molecule has 4 rings (SSSR count). The Balaban J connectivity index is 1.65. The predicted octanol–water partition coefficient (Wildman–Crippen LogP) is 3.62. The molecule has 0 unspecified atom stereocenters. The first-order chi connectivity index (χ1) is 20.6. The molecule has 12 nitrogen and oxygen atoms in total. The number of ether oxygens (including phenoxy) is 1. The summed E-state index contributed by atoms with van der Waals surface area (Å²) in [5, 5.41) is 14.7. The van der Waals surface area contributed by atoms with E-state index in [0.29, 0.717) is 0 Å². The highest BCUT2D eigenvalue weighted by molar-refractivity contribution is 7.89. The SMILES string of the molecule is C[C@@H]1CN([C@H](C)CO)C(=O)c2cccc(NC(=O)Nc3ccc(C(F)(F)F)cc3)c2O[C@H]1CN(C)S(=O)(=O)c1cn(C)cn1. The molecule has 0 saturated carbocycles. The number of halogens is 3. The van der Waals surface area contributed by atoms with Crippen molar-refractivity contribution < 1.29 is 41.0 Å². The van der Waals surface area contributed by atoms with Crippen LogP contribution in [0.25, 0.3) is 0 Å². The third-order valence-electron chi connectivity index (χ3n) is 7.20. The van der Waals surface area contributed by atoms with Crippen LogP contribution in [0.15, 0.2) is 60.0 Å². The normalized spacial score (nSPS) is 18.2. The highest BCUT2D eigenvalue weighted by Crippen LogP contribution is 2.35. The number of likely N-dealkylation sites (N-methyl/N-ethyl adjacent to an activating group) is 1. The molecule has 0 radical (unpaired) electrons. The Morgan fingerprint density at radius 2 is 1.89 bits per heavy atom. The van der Waals surface area contributed by atoms with E-state index in [0.717, 1.165) is 28.6 Å². The summed E-state index contributed by atoms with van der Waals surface area (Å²) in [6.45, 7) is 3.09. The van der Waals surface area contributed by atoms with Gasteiger partial charge in [-0.3, -0.25) is 4.79 Å². The van der Waals surface area contributed by atoms with Gasteiger partial charge in [-0.25, -0.2) is 18.2 Å². The molecule has 2 heterocycles. The van der Waals surface area contributed by atoms with E-state index < -0.39 is 51.8 Å². The Kier molecular flexibility index (Phi) is 9.56. The summed E-state index contributed by atoms with van der Waals surface area (Å²) in [6, 6.07) is 6.89. The third kappa shape index (κ3) is 7.14. The second-order valence-corrected chi connectivity index (χ2v) is 12.6. The van der Waals surface area contributed by atoms with E-state index in [1.165, 1.54) is 47.2 Å². The highest BCUT2D eigenvalue weighted by atomic mass is 32.2. The molecule has 2 aromatic carbocycles. The van der Waals surface area contributed by atoms with Crippen molar-refractivity contribution in [1.29, 1.82) is 0 Å². The zero-order valence-electron chi connectivity index (χ0n) is 24.4. The minimum Gasteiger partial charge on any atom is -0.486 e. The number of urea groups is 1. The Hall–Kier alpha value is -4.15. The lowest BCUT2D eigenvalue weighted by Gasteiger charge is -2.38. The summed E-state index contributed by atoms with van der Waals surface area (Å²) in [6.07, 6.45) is -2.64. The molecule has 0 saturated heterocycles. The molecule has 16 heteroatoms. The van der Waals surface area contributed by atoms with Gasteiger partial charge in [0.05, 0.1) is 42.3 Å². The van der Waals surface area contributed by atoms with E-state index in [-0.39, 0.29) is 47.4 Å². The van der Waals surface area contributed by atoms with Crippen LogP contribution in [0.5, 0.6) is 5.75 Å². The van der Waals surface area contributed by atoms with E-state index in [4.69, 9.17) is 4.74 Å². The van der Waals surface area contributed by atoms with Crippen molar-refractivity contribution in [2.75, 3.05) is 37.4 Å². The number of rotatable bonds is 8. The van der Waals surface area contributed by atoms with Crippen molar-refractivity contribution in [3.63, 3.8) is 0 Å². The van der Waals surface area contributed by atoms with Crippen molar-refractivity contribution in [1.82, 2.24) is 18.8 Å². The van der Waals surface area contributed by atoms with Crippen LogP contribution in [0.1, 0.15) is 29.8 Å². The smallest absolute Gasteiger partial charge is 0.416 e. The van der Waals surface area contributed by atoms with Crippen LogP contribution in [0.2, 0.25) is 0 Å². The van der Waals surface area contributed by atoms with Crippen LogP contribution in [0.4, 0.5) is 29.3 Å². The lowest BCUT2D eigenvalue weighted by atomic mass is 9.99. The molecular formula is C28H33F3N6O6S. The summed E-state index contributed by atoms with van der Waals surface area (Å²) in [5.74, 6) is -0.958. The molecule has 0 aliphatic carbocycles. The second-order valence-electron chi connectivity index (χ2n) is 10.6. The van der Waals surface area contributed by atoms with Gasteiger partial charge >= 0.3 is 12.2 Å². The van der Waals surface area contributed by atoms with Gasteiger partial charge in [-0.1, -0.05) is 13.0 Å². The Morgan fingerprint density at radius 1 is 1.20 bits per heavy atom. The standard InChI is InChI=1S/C28H33F3N6O6S/c1-17-12-37(18(2)15-38)26(39)21-6-5-7-22(34-27(40)33-20-10-8-19(9-11-20)28(29,30)31)25(21)43-23(17)13-36(4)44(41,42)24-14-35(3)16-32-24/h5-11,14,16-18,23,38H,12-13,15H2,1-4H3,(H2,33,34,40)/t17-,18-,23+/m1/s1. The Bertz CT molecular complexity index is 1610. The van der Waals surface area contributed by atoms with Crippen LogP contribution < -0.4 is 15.4 Å². The molecule has 0 fully saturated rings. The number of carbonyl (C=O) groups is 2. The topological polar surface area (TPSA) is 146 Å². The lowest BCUT2D eigenvalue weighted by molar-refractivity contribution is -0.137. The van der Waals surface area contributed by atoms with Crippen LogP contribution in [-0.4, -0.2) is 83.1 Å². The fraction of sp³-hybridized carbons (Fsp3) is 0.393. The number of benzene rings is 2. The maximum absolute atomic E-state index is 13.7. The van der Waals surface area contributed by atoms with Gasteiger partial charge in [0.2, 0.25) is 0 Å². The highest BCUT2D eigenvalue weighted by Gasteiger charge is 2.37. The van der Waals surface area contributed by atoms with Crippen LogP contribution in [0, 0.1) is 5.92 Å². The predicted molar refractivity (Wildman–Crippen MR) is 155 cm³/mol. The number of para-hydroxylation sites is 1. The Morgan fingerprint density at radius 3 is 2.48 bits per heavy atom. The largest absolute Gasteiger partial charge is 0.486 e. The van der Waals surface area contributed by atoms with Gasteiger partial charge in [-0.05, 0) is 43.3 Å². The summed E-state index contributed by atoms with van der Waals surface area (Å²) in [4.78, 5) is 31.9. The van der Waals surface area contributed by atoms with Gasteiger partial charge in [0.1, 0.15) is 6.10 Å².